The Labute approximate surface area is 150 Å². The van der Waals surface area contributed by atoms with Gasteiger partial charge in [-0.2, -0.15) is 0 Å². The van der Waals surface area contributed by atoms with E-state index in [1.165, 1.54) is 0 Å². The van der Waals surface area contributed by atoms with Crippen molar-refractivity contribution in [3.63, 3.8) is 0 Å². The molecule has 2 aromatic carbocycles. The number of rotatable bonds is 5. The summed E-state index contributed by atoms with van der Waals surface area (Å²) in [6.45, 7) is 0. The van der Waals surface area contributed by atoms with E-state index in [1.807, 2.05) is 0 Å². The van der Waals surface area contributed by atoms with Crippen molar-refractivity contribution in [3.8, 4) is 0 Å². The van der Waals surface area contributed by atoms with Crippen LogP contribution in [-0.2, 0) is 26.0 Å². The molecule has 0 bridgehead atoms. The molecule has 0 atom stereocenters. The molecule has 1 amide bonds. The number of carbonyl (C=O) groups excluding carboxylic acids is 1. The average molecular weight is 384 g/mol. The van der Waals surface area contributed by atoms with E-state index in [1.54, 1.807) is 48.5 Å². The molecule has 1 fully saturated rings. The molecule has 0 spiro atoms. The third-order valence-electron chi connectivity index (χ3n) is 4.08. The normalized spacial score (nSPS) is 15.8. The zero-order valence-corrected chi connectivity index (χ0v) is 15.0. The molecule has 0 heterocycles. The molecule has 1 aliphatic carbocycles. The first-order chi connectivity index (χ1) is 11.3. The third-order valence-corrected chi connectivity index (χ3v) is 5.84. The average Bonchev–Trinajstić information content (AvgIpc) is 3.29. The van der Waals surface area contributed by atoms with Crippen molar-refractivity contribution in [3.05, 3.63) is 69.7 Å². The topological polar surface area (TPSA) is 63.2 Å². The predicted octanol–water partition coefficient (Wildman–Crippen LogP) is 3.67. The van der Waals surface area contributed by atoms with Gasteiger partial charge in [0.2, 0.25) is 15.9 Å². The highest BCUT2D eigenvalue weighted by Gasteiger charge is 2.53. The maximum atomic E-state index is 12.6. The van der Waals surface area contributed by atoms with Gasteiger partial charge in [-0.1, -0.05) is 59.6 Å². The van der Waals surface area contributed by atoms with Crippen molar-refractivity contribution < 1.29 is 13.2 Å². The van der Waals surface area contributed by atoms with Crippen LogP contribution in [0.2, 0.25) is 10.0 Å². The summed E-state index contributed by atoms with van der Waals surface area (Å²) in [5.41, 5.74) is 0.346. The van der Waals surface area contributed by atoms with E-state index in [-0.39, 0.29) is 5.75 Å². The Morgan fingerprint density at radius 2 is 1.75 bits per heavy atom. The minimum Gasteiger partial charge on any atom is -0.273 e. The first-order valence-electron chi connectivity index (χ1n) is 7.37. The van der Waals surface area contributed by atoms with Gasteiger partial charge in [0.25, 0.3) is 0 Å². The second-order valence-corrected chi connectivity index (χ2v) is 8.45. The highest BCUT2D eigenvalue weighted by Crippen LogP contribution is 2.51. The molecule has 4 nitrogen and oxygen atoms in total. The Morgan fingerprint density at radius 1 is 1.08 bits per heavy atom. The van der Waals surface area contributed by atoms with Gasteiger partial charge < -0.3 is 0 Å². The SMILES string of the molecule is O=C(NS(=O)(=O)Cc1ccccc1)C1(c2ccc(Cl)cc2Cl)CC1. The highest BCUT2D eigenvalue weighted by atomic mass is 35.5. The molecule has 1 aliphatic rings. The fraction of sp³-hybridized carbons (Fsp3) is 0.235. The summed E-state index contributed by atoms with van der Waals surface area (Å²) in [6, 6.07) is 13.6. The summed E-state index contributed by atoms with van der Waals surface area (Å²) in [4.78, 5) is 12.6. The van der Waals surface area contributed by atoms with E-state index < -0.39 is 21.3 Å². The first-order valence-corrected chi connectivity index (χ1v) is 9.78. The fourth-order valence-corrected chi connectivity index (χ4v) is 4.46. The number of hydrogen-bond acceptors (Lipinski definition) is 3. The lowest BCUT2D eigenvalue weighted by Crippen LogP contribution is -2.39. The lowest BCUT2D eigenvalue weighted by Gasteiger charge is -2.17. The van der Waals surface area contributed by atoms with Crippen molar-refractivity contribution in [2.75, 3.05) is 0 Å². The quantitative estimate of drug-likeness (QED) is 0.856. The number of nitrogens with one attached hydrogen (secondary N) is 1. The summed E-state index contributed by atoms with van der Waals surface area (Å²) < 4.78 is 26.7. The lowest BCUT2D eigenvalue weighted by atomic mass is 9.95. The van der Waals surface area contributed by atoms with Gasteiger partial charge >= 0.3 is 0 Å². The minimum absolute atomic E-state index is 0.246. The molecule has 0 radical (unpaired) electrons. The zero-order chi connectivity index (χ0) is 17.4. The van der Waals surface area contributed by atoms with Crippen LogP contribution in [0.15, 0.2) is 48.5 Å². The molecule has 3 rings (SSSR count). The molecule has 7 heteroatoms. The Balaban J connectivity index is 1.79. The van der Waals surface area contributed by atoms with Crippen molar-refractivity contribution in [1.29, 1.82) is 0 Å². The summed E-state index contributed by atoms with van der Waals surface area (Å²) in [5, 5.41) is 0.840. The van der Waals surface area contributed by atoms with Crippen LogP contribution in [0, 0.1) is 0 Å². The van der Waals surface area contributed by atoms with Crippen molar-refractivity contribution in [1.82, 2.24) is 4.72 Å². The van der Waals surface area contributed by atoms with Crippen LogP contribution in [-0.4, -0.2) is 14.3 Å². The molecule has 1 saturated carbocycles. The van der Waals surface area contributed by atoms with Gasteiger partial charge in [-0.25, -0.2) is 8.42 Å². The van der Waals surface area contributed by atoms with Crippen molar-refractivity contribution >= 4 is 39.1 Å². The van der Waals surface area contributed by atoms with Crippen molar-refractivity contribution in [2.45, 2.75) is 24.0 Å². The molecular formula is C17H15Cl2NO3S. The van der Waals surface area contributed by atoms with E-state index in [4.69, 9.17) is 23.2 Å². The molecular weight excluding hydrogens is 369 g/mol. The second kappa shape index (κ2) is 6.39. The van der Waals surface area contributed by atoms with Crippen LogP contribution in [0.3, 0.4) is 0 Å². The Kier molecular flexibility index (Phi) is 4.60. The summed E-state index contributed by atoms with van der Waals surface area (Å²) in [5.74, 6) is -0.785. The number of hydrogen-bond donors (Lipinski definition) is 1. The van der Waals surface area contributed by atoms with E-state index in [9.17, 15) is 13.2 Å². The van der Waals surface area contributed by atoms with Crippen LogP contribution in [0.25, 0.3) is 0 Å². The largest absolute Gasteiger partial charge is 0.273 e. The van der Waals surface area contributed by atoms with Crippen LogP contribution < -0.4 is 4.72 Å². The molecule has 0 aromatic heterocycles. The van der Waals surface area contributed by atoms with E-state index in [0.29, 0.717) is 34.0 Å². The molecule has 126 valence electrons. The summed E-state index contributed by atoms with van der Waals surface area (Å²) in [7, 11) is -3.77. The highest BCUT2D eigenvalue weighted by molar-refractivity contribution is 7.89. The van der Waals surface area contributed by atoms with Gasteiger partial charge in [0, 0.05) is 10.0 Å². The molecule has 0 unspecified atom stereocenters. The number of benzene rings is 2. The van der Waals surface area contributed by atoms with Gasteiger partial charge in [-0.15, -0.1) is 0 Å². The van der Waals surface area contributed by atoms with Crippen LogP contribution in [0.4, 0.5) is 0 Å². The van der Waals surface area contributed by atoms with Crippen LogP contribution in [0.5, 0.6) is 0 Å². The van der Waals surface area contributed by atoms with Gasteiger partial charge in [0.1, 0.15) is 0 Å². The molecule has 0 saturated heterocycles. The molecule has 1 N–H and O–H groups in total. The maximum absolute atomic E-state index is 12.6. The molecule has 2 aromatic rings. The standard InChI is InChI=1S/C17H15Cl2NO3S/c18-13-6-7-14(15(19)10-13)17(8-9-17)16(21)20-24(22,23)11-12-4-2-1-3-5-12/h1-7,10H,8-9,11H2,(H,20,21). The van der Waals surface area contributed by atoms with Crippen LogP contribution >= 0.6 is 23.2 Å². The second-order valence-electron chi connectivity index (χ2n) is 5.88. The first kappa shape index (κ1) is 17.3. The molecule has 0 aliphatic heterocycles. The third kappa shape index (κ3) is 3.58. The number of carbonyl (C=O) groups is 1. The smallest absolute Gasteiger partial charge is 0.244 e. The van der Waals surface area contributed by atoms with Gasteiger partial charge in [-0.05, 0) is 36.1 Å². The zero-order valence-electron chi connectivity index (χ0n) is 12.6. The van der Waals surface area contributed by atoms with Crippen molar-refractivity contribution in [2.24, 2.45) is 0 Å². The number of sulfonamides is 1. The Hall–Kier alpha value is -1.56. The van der Waals surface area contributed by atoms with Gasteiger partial charge in [0.15, 0.2) is 0 Å². The maximum Gasteiger partial charge on any atom is 0.244 e. The number of amides is 1. The van der Waals surface area contributed by atoms with Crippen LogP contribution in [0.1, 0.15) is 24.0 Å². The van der Waals surface area contributed by atoms with E-state index >= 15 is 0 Å². The Morgan fingerprint density at radius 3 is 2.33 bits per heavy atom. The Bertz CT molecular complexity index is 878. The number of halogens is 2. The van der Waals surface area contributed by atoms with Gasteiger partial charge in [0.05, 0.1) is 11.2 Å². The van der Waals surface area contributed by atoms with E-state index in [2.05, 4.69) is 4.72 Å². The fourth-order valence-electron chi connectivity index (χ4n) is 2.69. The predicted molar refractivity (Wildman–Crippen MR) is 94.6 cm³/mol. The monoisotopic (exact) mass is 383 g/mol. The minimum atomic E-state index is -3.77. The lowest BCUT2D eigenvalue weighted by molar-refractivity contribution is -0.121. The molecule has 24 heavy (non-hydrogen) atoms. The summed E-state index contributed by atoms with van der Waals surface area (Å²) in [6.07, 6.45) is 1.11. The van der Waals surface area contributed by atoms with E-state index in [0.717, 1.165) is 0 Å². The van der Waals surface area contributed by atoms with Gasteiger partial charge in [-0.3, -0.25) is 9.52 Å². The summed E-state index contributed by atoms with van der Waals surface area (Å²) >= 11 is 12.1.